The lowest BCUT2D eigenvalue weighted by molar-refractivity contribution is -0.123. The van der Waals surface area contributed by atoms with Gasteiger partial charge < -0.3 is 10.1 Å². The standard InChI is InChI=1S/C16H19ClN2O2S/c1-11-12(2)22-16(19-11)4-3-9-18-15(20)10-21-14-7-5-13(17)6-8-14/h5-8H,3-4,9-10H2,1-2H3,(H,18,20). The SMILES string of the molecule is Cc1nc(CCCNC(=O)COc2ccc(Cl)cc2)sc1C. The van der Waals surface area contributed by atoms with Crippen LogP contribution in [0.3, 0.4) is 0 Å². The first kappa shape index (κ1) is 16.8. The smallest absolute Gasteiger partial charge is 0.257 e. The third kappa shape index (κ3) is 5.31. The molecule has 1 heterocycles. The molecular weight excluding hydrogens is 320 g/mol. The minimum atomic E-state index is -0.124. The highest BCUT2D eigenvalue weighted by Crippen LogP contribution is 2.17. The molecule has 1 aromatic carbocycles. The molecule has 1 N–H and O–H groups in total. The largest absolute Gasteiger partial charge is 0.484 e. The molecule has 0 unspecified atom stereocenters. The first-order valence-electron chi connectivity index (χ1n) is 7.12. The Hall–Kier alpha value is -1.59. The lowest BCUT2D eigenvalue weighted by Crippen LogP contribution is -2.29. The van der Waals surface area contributed by atoms with Gasteiger partial charge in [-0.15, -0.1) is 11.3 Å². The molecule has 1 aromatic heterocycles. The molecule has 0 aliphatic heterocycles. The lowest BCUT2D eigenvalue weighted by atomic mass is 10.3. The fourth-order valence-corrected chi connectivity index (χ4v) is 2.95. The highest BCUT2D eigenvalue weighted by atomic mass is 35.5. The van der Waals surface area contributed by atoms with Gasteiger partial charge in [0.1, 0.15) is 5.75 Å². The van der Waals surface area contributed by atoms with E-state index in [1.807, 2.05) is 6.92 Å². The van der Waals surface area contributed by atoms with Crippen molar-refractivity contribution in [2.24, 2.45) is 0 Å². The molecular formula is C16H19ClN2O2S. The molecule has 2 rings (SSSR count). The van der Waals surface area contributed by atoms with E-state index in [9.17, 15) is 4.79 Å². The number of nitrogens with one attached hydrogen (secondary N) is 1. The molecule has 4 nitrogen and oxygen atoms in total. The maximum absolute atomic E-state index is 11.7. The fraction of sp³-hybridized carbons (Fsp3) is 0.375. The number of halogens is 1. The molecule has 0 aliphatic carbocycles. The number of amides is 1. The molecule has 6 heteroatoms. The number of hydrogen-bond donors (Lipinski definition) is 1. The Bertz CT molecular complexity index is 606. The highest BCUT2D eigenvalue weighted by Gasteiger charge is 2.05. The third-order valence-electron chi connectivity index (χ3n) is 3.15. The number of aromatic nitrogens is 1. The summed E-state index contributed by atoms with van der Waals surface area (Å²) in [6, 6.07) is 6.94. The number of carbonyl (C=O) groups is 1. The molecule has 0 fully saturated rings. The van der Waals surface area contributed by atoms with Crippen molar-refractivity contribution >= 4 is 28.8 Å². The van der Waals surface area contributed by atoms with Crippen LogP contribution in [0.5, 0.6) is 5.75 Å². The van der Waals surface area contributed by atoms with Crippen LogP contribution in [0.25, 0.3) is 0 Å². The summed E-state index contributed by atoms with van der Waals surface area (Å²) in [7, 11) is 0. The van der Waals surface area contributed by atoms with Crippen LogP contribution in [0.2, 0.25) is 5.02 Å². The van der Waals surface area contributed by atoms with E-state index < -0.39 is 0 Å². The molecule has 0 saturated heterocycles. The van der Waals surface area contributed by atoms with Crippen LogP contribution in [0.15, 0.2) is 24.3 Å². The number of hydrogen-bond acceptors (Lipinski definition) is 4. The van der Waals surface area contributed by atoms with Crippen LogP contribution in [-0.4, -0.2) is 24.0 Å². The summed E-state index contributed by atoms with van der Waals surface area (Å²) in [5.74, 6) is 0.509. The Morgan fingerprint density at radius 2 is 2.05 bits per heavy atom. The summed E-state index contributed by atoms with van der Waals surface area (Å²) in [6.07, 6.45) is 1.76. The Labute approximate surface area is 139 Å². The summed E-state index contributed by atoms with van der Waals surface area (Å²) in [5.41, 5.74) is 1.10. The van der Waals surface area contributed by atoms with Crippen molar-refractivity contribution in [3.05, 3.63) is 44.9 Å². The van der Waals surface area contributed by atoms with E-state index in [2.05, 4.69) is 17.2 Å². The summed E-state index contributed by atoms with van der Waals surface area (Å²) in [5, 5.41) is 4.61. The summed E-state index contributed by atoms with van der Waals surface area (Å²) < 4.78 is 5.38. The molecule has 118 valence electrons. The first-order chi connectivity index (χ1) is 10.5. The van der Waals surface area contributed by atoms with E-state index in [-0.39, 0.29) is 12.5 Å². The summed E-state index contributed by atoms with van der Waals surface area (Å²) >= 11 is 7.50. The molecule has 0 spiro atoms. The zero-order valence-corrected chi connectivity index (χ0v) is 14.3. The van der Waals surface area contributed by atoms with Crippen LogP contribution < -0.4 is 10.1 Å². The Morgan fingerprint density at radius 1 is 1.32 bits per heavy atom. The van der Waals surface area contributed by atoms with E-state index >= 15 is 0 Å². The Balaban J connectivity index is 1.62. The van der Waals surface area contributed by atoms with Gasteiger partial charge in [0, 0.05) is 22.9 Å². The number of ether oxygens (including phenoxy) is 1. The molecule has 0 aliphatic rings. The van der Waals surface area contributed by atoms with Crippen LogP contribution >= 0.6 is 22.9 Å². The fourth-order valence-electron chi connectivity index (χ4n) is 1.84. The van der Waals surface area contributed by atoms with Gasteiger partial charge in [-0.25, -0.2) is 4.98 Å². The van der Waals surface area contributed by atoms with E-state index in [4.69, 9.17) is 16.3 Å². The molecule has 2 aromatic rings. The van der Waals surface area contributed by atoms with E-state index in [0.717, 1.165) is 23.5 Å². The second-order valence-electron chi connectivity index (χ2n) is 4.95. The normalized spacial score (nSPS) is 10.5. The lowest BCUT2D eigenvalue weighted by Gasteiger charge is -2.07. The number of benzene rings is 1. The highest BCUT2D eigenvalue weighted by molar-refractivity contribution is 7.11. The molecule has 22 heavy (non-hydrogen) atoms. The van der Waals surface area contributed by atoms with Crippen molar-refractivity contribution in [1.29, 1.82) is 0 Å². The number of rotatable bonds is 7. The van der Waals surface area contributed by atoms with Gasteiger partial charge in [0.15, 0.2) is 6.61 Å². The van der Waals surface area contributed by atoms with Gasteiger partial charge in [0.2, 0.25) is 0 Å². The van der Waals surface area contributed by atoms with Crippen molar-refractivity contribution in [2.75, 3.05) is 13.2 Å². The Morgan fingerprint density at radius 3 is 2.68 bits per heavy atom. The van der Waals surface area contributed by atoms with Gasteiger partial charge in [-0.05, 0) is 44.5 Å². The second-order valence-corrected chi connectivity index (χ2v) is 6.67. The van der Waals surface area contributed by atoms with Crippen molar-refractivity contribution in [3.8, 4) is 5.75 Å². The molecule has 0 atom stereocenters. The monoisotopic (exact) mass is 338 g/mol. The van der Waals surface area contributed by atoms with Gasteiger partial charge in [0.05, 0.1) is 10.7 Å². The van der Waals surface area contributed by atoms with Crippen LogP contribution in [0.1, 0.15) is 22.0 Å². The summed E-state index contributed by atoms with van der Waals surface area (Å²) in [6.45, 7) is 4.73. The average Bonchev–Trinajstić information content (AvgIpc) is 2.82. The first-order valence-corrected chi connectivity index (χ1v) is 8.32. The van der Waals surface area contributed by atoms with E-state index in [1.54, 1.807) is 35.6 Å². The zero-order chi connectivity index (χ0) is 15.9. The van der Waals surface area contributed by atoms with Crippen molar-refractivity contribution in [2.45, 2.75) is 26.7 Å². The predicted molar refractivity (Wildman–Crippen MR) is 89.9 cm³/mol. The maximum Gasteiger partial charge on any atom is 0.257 e. The van der Waals surface area contributed by atoms with Crippen LogP contribution in [0.4, 0.5) is 0 Å². The van der Waals surface area contributed by atoms with Gasteiger partial charge in [-0.2, -0.15) is 0 Å². The van der Waals surface area contributed by atoms with Crippen molar-refractivity contribution in [3.63, 3.8) is 0 Å². The van der Waals surface area contributed by atoms with E-state index in [0.29, 0.717) is 17.3 Å². The second kappa shape index (κ2) is 8.15. The van der Waals surface area contributed by atoms with E-state index in [1.165, 1.54) is 4.88 Å². The van der Waals surface area contributed by atoms with Crippen LogP contribution in [-0.2, 0) is 11.2 Å². The zero-order valence-electron chi connectivity index (χ0n) is 12.7. The molecule has 0 radical (unpaired) electrons. The topological polar surface area (TPSA) is 51.2 Å². The average molecular weight is 339 g/mol. The predicted octanol–water partition coefficient (Wildman–Crippen LogP) is 3.54. The summed E-state index contributed by atoms with van der Waals surface area (Å²) in [4.78, 5) is 17.4. The molecule has 0 bridgehead atoms. The minimum absolute atomic E-state index is 0.0110. The van der Waals surface area contributed by atoms with Gasteiger partial charge in [-0.1, -0.05) is 11.6 Å². The number of nitrogens with zero attached hydrogens (tertiary/aromatic N) is 1. The van der Waals surface area contributed by atoms with Gasteiger partial charge in [-0.3, -0.25) is 4.79 Å². The van der Waals surface area contributed by atoms with Crippen molar-refractivity contribution in [1.82, 2.24) is 10.3 Å². The van der Waals surface area contributed by atoms with Crippen LogP contribution in [0, 0.1) is 13.8 Å². The maximum atomic E-state index is 11.7. The Kier molecular flexibility index (Phi) is 6.21. The number of thiazole rings is 1. The quantitative estimate of drug-likeness (QED) is 0.785. The van der Waals surface area contributed by atoms with Crippen molar-refractivity contribution < 1.29 is 9.53 Å². The number of aryl methyl sites for hydroxylation is 3. The number of carbonyl (C=O) groups excluding carboxylic acids is 1. The third-order valence-corrected chi connectivity index (χ3v) is 4.53. The van der Waals surface area contributed by atoms with Gasteiger partial charge >= 0.3 is 0 Å². The molecule has 0 saturated carbocycles. The minimum Gasteiger partial charge on any atom is -0.484 e. The molecule has 1 amide bonds. The van der Waals surface area contributed by atoms with Gasteiger partial charge in [0.25, 0.3) is 5.91 Å².